The highest BCUT2D eigenvalue weighted by Gasteiger charge is 1.84. The van der Waals surface area contributed by atoms with Crippen LogP contribution in [0, 0.1) is 0 Å². The summed E-state index contributed by atoms with van der Waals surface area (Å²) in [5.41, 5.74) is 5.90. The molecule has 0 aromatic carbocycles. The summed E-state index contributed by atoms with van der Waals surface area (Å²) in [4.78, 5) is 0.574. The monoisotopic (exact) mass is 187 g/mol. The van der Waals surface area contributed by atoms with Gasteiger partial charge in [0.1, 0.15) is 0 Å². The van der Waals surface area contributed by atoms with Gasteiger partial charge >= 0.3 is 0 Å². The summed E-state index contributed by atoms with van der Waals surface area (Å²) in [6.07, 6.45) is 3.24. The molecule has 2 heteroatoms. The van der Waals surface area contributed by atoms with Crippen LogP contribution in [0.1, 0.15) is 27.7 Å². The maximum Gasteiger partial charge on any atom is 0.0443 e. The van der Waals surface area contributed by atoms with Crippen LogP contribution in [0.25, 0.3) is 0 Å². The first-order valence-electron chi connectivity index (χ1n) is 4.15. The fourth-order valence-corrected chi connectivity index (χ4v) is 0.298. The minimum Gasteiger partial charge on any atom is -0.398 e. The first-order valence-corrected chi connectivity index (χ1v) is 4.59. The van der Waals surface area contributed by atoms with Crippen LogP contribution in [0.4, 0.5) is 0 Å². The summed E-state index contributed by atoms with van der Waals surface area (Å²) in [7, 11) is 0. The third-order valence-corrected chi connectivity index (χ3v) is 0.889. The molecular formula is C10H21NS. The van der Waals surface area contributed by atoms with E-state index in [4.69, 9.17) is 5.73 Å². The topological polar surface area (TPSA) is 26.0 Å². The molecule has 2 N–H and O–H groups in total. The smallest absolute Gasteiger partial charge is 0.0443 e. The van der Waals surface area contributed by atoms with Crippen LogP contribution in [0.15, 0.2) is 35.9 Å². The van der Waals surface area contributed by atoms with Crippen LogP contribution >= 0.6 is 12.6 Å². The van der Waals surface area contributed by atoms with Gasteiger partial charge in [-0.25, -0.2) is 0 Å². The minimum absolute atomic E-state index is 0.559. The lowest BCUT2D eigenvalue weighted by atomic mass is 10.4. The Hall–Kier alpha value is -0.630. The van der Waals surface area contributed by atoms with Gasteiger partial charge in [0.15, 0.2) is 0 Å². The van der Waals surface area contributed by atoms with Crippen molar-refractivity contribution in [1.29, 1.82) is 0 Å². The number of nitrogens with two attached hydrogens (primary N) is 1. The van der Waals surface area contributed by atoms with Crippen molar-refractivity contribution in [2.45, 2.75) is 27.7 Å². The molecule has 0 saturated heterocycles. The predicted molar refractivity (Wildman–Crippen MR) is 63.3 cm³/mol. The molecule has 0 amide bonds. The second-order valence-electron chi connectivity index (χ2n) is 1.30. The highest BCUT2D eigenvalue weighted by Crippen LogP contribution is 2.03. The molecular weight excluding hydrogens is 166 g/mol. The average molecular weight is 187 g/mol. The lowest BCUT2D eigenvalue weighted by molar-refractivity contribution is 1.42. The standard InChI is InChI=1S/C6H9NS.2C2H6/c1-3-4-6(7)5(2)8;2*1-2/h3-4,8H,1-2,7H2;2*1-2H3/b6-4+;;. The number of thiol groups is 1. The van der Waals surface area contributed by atoms with Gasteiger partial charge in [0.05, 0.1) is 0 Å². The van der Waals surface area contributed by atoms with Crippen LogP contribution in [-0.4, -0.2) is 0 Å². The fraction of sp³-hybridized carbons (Fsp3) is 0.400. The molecule has 0 fully saturated rings. The van der Waals surface area contributed by atoms with Gasteiger partial charge in [-0.3, -0.25) is 0 Å². The van der Waals surface area contributed by atoms with Crippen LogP contribution in [0.2, 0.25) is 0 Å². The largest absolute Gasteiger partial charge is 0.398 e. The quantitative estimate of drug-likeness (QED) is 0.502. The molecule has 0 aliphatic carbocycles. The Kier molecular flexibility index (Phi) is 24.4. The molecule has 72 valence electrons. The zero-order chi connectivity index (χ0) is 10.6. The summed E-state index contributed by atoms with van der Waals surface area (Å²) in [6.45, 7) is 14.9. The van der Waals surface area contributed by atoms with E-state index in [-0.39, 0.29) is 0 Å². The van der Waals surface area contributed by atoms with Crippen LogP contribution in [0.3, 0.4) is 0 Å². The molecule has 0 aromatic heterocycles. The van der Waals surface area contributed by atoms with E-state index < -0.39 is 0 Å². The van der Waals surface area contributed by atoms with Gasteiger partial charge < -0.3 is 5.73 Å². The summed E-state index contributed by atoms with van der Waals surface area (Å²) in [5, 5.41) is 0. The molecule has 0 spiro atoms. The summed E-state index contributed by atoms with van der Waals surface area (Å²) in [5.74, 6) is 0. The highest BCUT2D eigenvalue weighted by molar-refractivity contribution is 7.84. The molecule has 0 saturated carbocycles. The van der Waals surface area contributed by atoms with Crippen molar-refractivity contribution in [1.82, 2.24) is 0 Å². The molecule has 0 heterocycles. The lowest BCUT2D eigenvalue weighted by Crippen LogP contribution is -1.94. The predicted octanol–water partition coefficient (Wildman–Crippen LogP) is 3.51. The Labute approximate surface area is 82.5 Å². The molecule has 0 atom stereocenters. The number of allylic oxidation sites excluding steroid dienone is 2. The fourth-order valence-electron chi connectivity index (χ4n) is 0.223. The minimum atomic E-state index is 0.559. The number of hydrogen-bond acceptors (Lipinski definition) is 2. The third kappa shape index (κ3) is 16.2. The summed E-state index contributed by atoms with van der Waals surface area (Å²) in [6, 6.07) is 0. The first-order chi connectivity index (χ1) is 5.68. The van der Waals surface area contributed by atoms with E-state index in [9.17, 15) is 0 Å². The zero-order valence-corrected chi connectivity index (χ0v) is 9.49. The zero-order valence-electron chi connectivity index (χ0n) is 8.59. The van der Waals surface area contributed by atoms with Gasteiger partial charge in [0, 0.05) is 10.6 Å². The second kappa shape index (κ2) is 16.8. The third-order valence-electron chi connectivity index (χ3n) is 0.631. The van der Waals surface area contributed by atoms with Gasteiger partial charge in [0.2, 0.25) is 0 Å². The Balaban J connectivity index is -0.000000175. The van der Waals surface area contributed by atoms with Crippen molar-refractivity contribution in [2.24, 2.45) is 5.73 Å². The molecule has 1 nitrogen and oxygen atoms in total. The maximum atomic E-state index is 5.34. The van der Waals surface area contributed by atoms with E-state index in [1.807, 2.05) is 27.7 Å². The molecule has 0 unspecified atom stereocenters. The maximum absolute atomic E-state index is 5.34. The Bertz CT molecular complexity index is 137. The van der Waals surface area contributed by atoms with Crippen LogP contribution in [-0.2, 0) is 0 Å². The Morgan fingerprint density at radius 1 is 1.25 bits per heavy atom. The molecule has 12 heavy (non-hydrogen) atoms. The van der Waals surface area contributed by atoms with Gasteiger partial charge in [-0.2, -0.15) is 0 Å². The Morgan fingerprint density at radius 2 is 1.58 bits per heavy atom. The van der Waals surface area contributed by atoms with Crippen molar-refractivity contribution < 1.29 is 0 Å². The number of rotatable bonds is 2. The first kappa shape index (κ1) is 17.5. The van der Waals surface area contributed by atoms with Gasteiger partial charge in [0.25, 0.3) is 0 Å². The van der Waals surface area contributed by atoms with E-state index in [0.29, 0.717) is 10.6 Å². The SMILES string of the molecule is C=C/C=C(/N)C(=C)S.CC.CC. The van der Waals surface area contributed by atoms with Crippen molar-refractivity contribution in [3.05, 3.63) is 35.9 Å². The van der Waals surface area contributed by atoms with Crippen molar-refractivity contribution in [3.8, 4) is 0 Å². The van der Waals surface area contributed by atoms with Crippen molar-refractivity contribution in [2.75, 3.05) is 0 Å². The summed E-state index contributed by atoms with van der Waals surface area (Å²) < 4.78 is 0. The lowest BCUT2D eigenvalue weighted by Gasteiger charge is -1.92. The second-order valence-corrected chi connectivity index (χ2v) is 1.84. The molecule has 0 aliphatic heterocycles. The molecule has 0 bridgehead atoms. The normalized spacial score (nSPS) is 8.25. The van der Waals surface area contributed by atoms with Crippen molar-refractivity contribution >= 4 is 12.6 Å². The summed E-state index contributed by atoms with van der Waals surface area (Å²) >= 11 is 3.89. The van der Waals surface area contributed by atoms with Crippen LogP contribution < -0.4 is 5.73 Å². The van der Waals surface area contributed by atoms with E-state index >= 15 is 0 Å². The van der Waals surface area contributed by atoms with E-state index in [1.165, 1.54) is 0 Å². The molecule has 0 aliphatic rings. The van der Waals surface area contributed by atoms with E-state index in [0.717, 1.165) is 0 Å². The Morgan fingerprint density at radius 3 is 1.67 bits per heavy atom. The van der Waals surface area contributed by atoms with Gasteiger partial charge in [-0.05, 0) is 6.08 Å². The number of hydrogen-bond donors (Lipinski definition) is 2. The van der Waals surface area contributed by atoms with E-state index in [2.05, 4.69) is 25.8 Å². The van der Waals surface area contributed by atoms with Gasteiger partial charge in [-0.1, -0.05) is 46.9 Å². The molecule has 0 rings (SSSR count). The molecule has 0 radical (unpaired) electrons. The van der Waals surface area contributed by atoms with Crippen LogP contribution in [0.5, 0.6) is 0 Å². The highest BCUT2D eigenvalue weighted by atomic mass is 32.1. The van der Waals surface area contributed by atoms with Crippen molar-refractivity contribution in [3.63, 3.8) is 0 Å². The van der Waals surface area contributed by atoms with E-state index in [1.54, 1.807) is 12.2 Å². The van der Waals surface area contributed by atoms with Gasteiger partial charge in [-0.15, -0.1) is 12.6 Å². The molecule has 0 aromatic rings. The average Bonchev–Trinajstić information content (AvgIpc) is 2.12.